The van der Waals surface area contributed by atoms with Gasteiger partial charge in [-0.2, -0.15) is 15.1 Å². The molecule has 0 aliphatic heterocycles. The first-order chi connectivity index (χ1) is 9.78. The van der Waals surface area contributed by atoms with E-state index < -0.39 is 0 Å². The molecule has 1 fully saturated rings. The number of fused-ring (bicyclic) bond motifs is 1. The fraction of sp³-hybridized carbons (Fsp3) is 0.643. The number of nitrogen functional groups attached to an aromatic ring is 1. The Balaban J connectivity index is 1.88. The zero-order valence-corrected chi connectivity index (χ0v) is 13.1. The van der Waals surface area contributed by atoms with Gasteiger partial charge < -0.3 is 15.8 Å². The summed E-state index contributed by atoms with van der Waals surface area (Å²) < 4.78 is 7.34. The molecule has 0 bridgehead atoms. The molecule has 0 saturated heterocycles. The van der Waals surface area contributed by atoms with E-state index in [9.17, 15) is 0 Å². The molecule has 3 rings (SSSR count). The molecule has 21 heavy (non-hydrogen) atoms. The zero-order chi connectivity index (χ0) is 15.4. The Hall–Kier alpha value is -1.89. The fourth-order valence-electron chi connectivity index (χ4n) is 2.99. The average Bonchev–Trinajstić information content (AvgIpc) is 2.80. The van der Waals surface area contributed by atoms with Crippen LogP contribution in [0.4, 0.5) is 11.8 Å². The molecule has 2 heterocycles. The monoisotopic (exact) mass is 290 g/mol. The Kier molecular flexibility index (Phi) is 2.88. The summed E-state index contributed by atoms with van der Waals surface area (Å²) in [7, 11) is 3.60. The first-order valence-corrected chi connectivity index (χ1v) is 7.05. The van der Waals surface area contributed by atoms with Gasteiger partial charge in [-0.05, 0) is 13.3 Å². The minimum absolute atomic E-state index is 0.0126. The van der Waals surface area contributed by atoms with Crippen LogP contribution in [-0.2, 0) is 11.8 Å². The van der Waals surface area contributed by atoms with Gasteiger partial charge in [-0.15, -0.1) is 0 Å². The van der Waals surface area contributed by atoms with Gasteiger partial charge in [0.1, 0.15) is 5.82 Å². The molecule has 1 aliphatic carbocycles. The maximum atomic E-state index is 5.98. The average molecular weight is 290 g/mol. The number of aromatic nitrogens is 4. The number of nitrogens with one attached hydrogen (secondary N) is 1. The van der Waals surface area contributed by atoms with Crippen molar-refractivity contribution >= 4 is 22.8 Å². The van der Waals surface area contributed by atoms with Crippen molar-refractivity contribution < 1.29 is 4.74 Å². The number of anilines is 2. The molecule has 114 valence electrons. The van der Waals surface area contributed by atoms with Crippen LogP contribution in [0.15, 0.2) is 6.20 Å². The summed E-state index contributed by atoms with van der Waals surface area (Å²) in [5, 5.41) is 8.32. The zero-order valence-electron chi connectivity index (χ0n) is 13.1. The second-order valence-corrected chi connectivity index (χ2v) is 6.50. The van der Waals surface area contributed by atoms with E-state index in [4.69, 9.17) is 10.5 Å². The minimum Gasteiger partial charge on any atom is -0.383 e. The summed E-state index contributed by atoms with van der Waals surface area (Å²) in [6.07, 6.45) is 2.59. The van der Waals surface area contributed by atoms with E-state index in [0.717, 1.165) is 17.5 Å². The summed E-state index contributed by atoms with van der Waals surface area (Å²) in [6, 6.07) is 0.243. The van der Waals surface area contributed by atoms with E-state index >= 15 is 0 Å². The molecule has 7 nitrogen and oxygen atoms in total. The number of hydrogen-bond acceptors (Lipinski definition) is 6. The lowest BCUT2D eigenvalue weighted by atomic mass is 9.56. The Labute approximate surface area is 123 Å². The molecule has 0 spiro atoms. The number of nitrogens with two attached hydrogens (primary N) is 1. The Morgan fingerprint density at radius 1 is 1.38 bits per heavy atom. The van der Waals surface area contributed by atoms with Crippen molar-refractivity contribution in [2.45, 2.75) is 38.8 Å². The molecule has 3 N–H and O–H groups in total. The minimum atomic E-state index is -0.132. The SMILES string of the molecule is COC1(C)CC(Nc2nc(N)c3cnn(C)c3n2)C1(C)C. The topological polar surface area (TPSA) is 90.9 Å². The van der Waals surface area contributed by atoms with Gasteiger partial charge in [0.15, 0.2) is 5.65 Å². The Morgan fingerprint density at radius 2 is 2.10 bits per heavy atom. The molecule has 0 radical (unpaired) electrons. The number of hydrogen-bond donors (Lipinski definition) is 2. The van der Waals surface area contributed by atoms with Gasteiger partial charge in [0.05, 0.1) is 17.2 Å². The molecule has 0 amide bonds. The molecular formula is C14H22N6O. The Bertz CT molecular complexity index is 694. The van der Waals surface area contributed by atoms with Crippen LogP contribution in [0.25, 0.3) is 11.0 Å². The molecule has 2 aromatic rings. The van der Waals surface area contributed by atoms with Gasteiger partial charge in [-0.1, -0.05) is 13.8 Å². The van der Waals surface area contributed by atoms with Crippen LogP contribution in [-0.4, -0.2) is 38.5 Å². The molecule has 1 aliphatic rings. The van der Waals surface area contributed by atoms with E-state index in [1.807, 2.05) is 7.05 Å². The summed E-state index contributed by atoms with van der Waals surface area (Å²) in [4.78, 5) is 8.85. The third kappa shape index (κ3) is 1.87. The Morgan fingerprint density at radius 3 is 2.71 bits per heavy atom. The summed E-state index contributed by atoms with van der Waals surface area (Å²) in [6.45, 7) is 6.50. The van der Waals surface area contributed by atoms with Gasteiger partial charge >= 0.3 is 0 Å². The highest BCUT2D eigenvalue weighted by atomic mass is 16.5. The van der Waals surface area contributed by atoms with Crippen LogP contribution in [0.2, 0.25) is 0 Å². The number of rotatable bonds is 3. The van der Waals surface area contributed by atoms with Gasteiger partial charge in [0.2, 0.25) is 5.95 Å². The number of nitrogens with zero attached hydrogens (tertiary/aromatic N) is 4. The van der Waals surface area contributed by atoms with Crippen molar-refractivity contribution in [2.75, 3.05) is 18.2 Å². The van der Waals surface area contributed by atoms with E-state index in [0.29, 0.717) is 11.8 Å². The second-order valence-electron chi connectivity index (χ2n) is 6.50. The van der Waals surface area contributed by atoms with E-state index in [1.54, 1.807) is 18.0 Å². The van der Waals surface area contributed by atoms with Crippen molar-refractivity contribution in [3.05, 3.63) is 6.20 Å². The summed E-state index contributed by atoms with van der Waals surface area (Å²) in [5.41, 5.74) is 6.57. The summed E-state index contributed by atoms with van der Waals surface area (Å²) in [5.74, 6) is 0.988. The maximum Gasteiger partial charge on any atom is 0.226 e. The van der Waals surface area contributed by atoms with Crippen molar-refractivity contribution in [2.24, 2.45) is 12.5 Å². The van der Waals surface area contributed by atoms with Crippen LogP contribution in [0.1, 0.15) is 27.2 Å². The van der Waals surface area contributed by atoms with Gasteiger partial charge in [0, 0.05) is 25.6 Å². The summed E-state index contributed by atoms with van der Waals surface area (Å²) >= 11 is 0. The van der Waals surface area contributed by atoms with Crippen molar-refractivity contribution in [1.82, 2.24) is 19.7 Å². The van der Waals surface area contributed by atoms with Gasteiger partial charge in [-0.3, -0.25) is 4.68 Å². The van der Waals surface area contributed by atoms with Gasteiger partial charge in [0.25, 0.3) is 0 Å². The second kappa shape index (κ2) is 4.30. The van der Waals surface area contributed by atoms with Crippen LogP contribution in [0.5, 0.6) is 0 Å². The lowest BCUT2D eigenvalue weighted by Gasteiger charge is -2.59. The molecule has 2 unspecified atom stereocenters. The highest BCUT2D eigenvalue weighted by Gasteiger charge is 2.58. The third-order valence-electron chi connectivity index (χ3n) is 5.20. The quantitative estimate of drug-likeness (QED) is 0.891. The molecule has 1 saturated carbocycles. The van der Waals surface area contributed by atoms with Crippen molar-refractivity contribution in [3.63, 3.8) is 0 Å². The van der Waals surface area contributed by atoms with Crippen LogP contribution < -0.4 is 11.1 Å². The van der Waals surface area contributed by atoms with Crippen LogP contribution in [0, 0.1) is 5.41 Å². The lowest BCUT2D eigenvalue weighted by Crippen LogP contribution is -2.65. The van der Waals surface area contributed by atoms with E-state index in [-0.39, 0.29) is 17.1 Å². The van der Waals surface area contributed by atoms with Crippen molar-refractivity contribution in [3.8, 4) is 0 Å². The first kappa shape index (κ1) is 14.1. The highest BCUT2D eigenvalue weighted by Crippen LogP contribution is 2.52. The highest BCUT2D eigenvalue weighted by molar-refractivity contribution is 5.86. The first-order valence-electron chi connectivity index (χ1n) is 7.05. The standard InChI is InChI=1S/C14H22N6O/c1-13(2)9(6-14(13,3)21-5)17-12-18-10(15)8-7-16-20(4)11(8)19-12/h7,9H,6H2,1-5H3,(H3,15,17,18,19). The largest absolute Gasteiger partial charge is 0.383 e. The number of methoxy groups -OCH3 is 1. The molecule has 2 aromatic heterocycles. The molecule has 0 aromatic carbocycles. The van der Waals surface area contributed by atoms with E-state index in [1.165, 1.54) is 0 Å². The van der Waals surface area contributed by atoms with Gasteiger partial charge in [-0.25, -0.2) is 0 Å². The predicted molar refractivity (Wildman–Crippen MR) is 81.9 cm³/mol. The van der Waals surface area contributed by atoms with Crippen molar-refractivity contribution in [1.29, 1.82) is 0 Å². The lowest BCUT2D eigenvalue weighted by molar-refractivity contribution is -0.166. The maximum absolute atomic E-state index is 5.98. The predicted octanol–water partition coefficient (Wildman–Crippen LogP) is 1.56. The van der Waals surface area contributed by atoms with E-state index in [2.05, 4.69) is 41.2 Å². The third-order valence-corrected chi connectivity index (χ3v) is 5.20. The fourth-order valence-corrected chi connectivity index (χ4v) is 2.99. The number of aryl methyl sites for hydroxylation is 1. The molecule has 7 heteroatoms. The molecular weight excluding hydrogens is 268 g/mol. The van der Waals surface area contributed by atoms with Crippen LogP contribution in [0.3, 0.4) is 0 Å². The van der Waals surface area contributed by atoms with Crippen LogP contribution >= 0.6 is 0 Å². The smallest absolute Gasteiger partial charge is 0.226 e. The normalized spacial score (nSPS) is 27.6. The number of ether oxygens (including phenoxy) is 1. The molecule has 2 atom stereocenters.